The van der Waals surface area contributed by atoms with Gasteiger partial charge in [0.15, 0.2) is 0 Å². The van der Waals surface area contributed by atoms with Crippen LogP contribution in [0.3, 0.4) is 0 Å². The standard InChI is InChI=1S/C21H30N2O5/c1-2-10-27-19-8-7-15(12-17(19)22-20(25)14-24)21(26)23-9-11-28-18-6-4-3-5-16(18)13-23/h3-6,15,17,19,24H,2,7-14H2,1H3,(H,22,25)/t15-,17+,19+/m0/s1. The van der Waals surface area contributed by atoms with E-state index in [1.807, 2.05) is 36.1 Å². The van der Waals surface area contributed by atoms with Gasteiger partial charge in [0.2, 0.25) is 11.8 Å². The number of carbonyl (C=O) groups excluding carboxylic acids is 2. The van der Waals surface area contributed by atoms with Crippen LogP contribution in [0.4, 0.5) is 0 Å². The van der Waals surface area contributed by atoms with Gasteiger partial charge in [-0.2, -0.15) is 0 Å². The molecule has 0 aromatic heterocycles. The Morgan fingerprint density at radius 3 is 2.93 bits per heavy atom. The molecule has 0 saturated heterocycles. The number of nitrogens with zero attached hydrogens (tertiary/aromatic N) is 1. The number of hydrogen-bond donors (Lipinski definition) is 2. The Morgan fingerprint density at radius 1 is 1.32 bits per heavy atom. The van der Waals surface area contributed by atoms with E-state index in [2.05, 4.69) is 5.32 Å². The third kappa shape index (κ3) is 5.02. The number of nitrogens with one attached hydrogen (secondary N) is 1. The van der Waals surface area contributed by atoms with Gasteiger partial charge >= 0.3 is 0 Å². The second-order valence-corrected chi connectivity index (χ2v) is 7.47. The predicted octanol–water partition coefficient (Wildman–Crippen LogP) is 1.48. The zero-order valence-corrected chi connectivity index (χ0v) is 16.4. The van der Waals surface area contributed by atoms with Crippen LogP contribution in [0.25, 0.3) is 0 Å². The largest absolute Gasteiger partial charge is 0.491 e. The number of amides is 2. The fraction of sp³-hybridized carbons (Fsp3) is 0.619. The molecule has 2 amide bonds. The zero-order valence-electron chi connectivity index (χ0n) is 16.4. The van der Waals surface area contributed by atoms with Crippen molar-refractivity contribution in [2.45, 2.75) is 51.3 Å². The zero-order chi connectivity index (χ0) is 19.9. The molecule has 0 spiro atoms. The maximum Gasteiger partial charge on any atom is 0.246 e. The molecule has 7 nitrogen and oxygen atoms in total. The Bertz CT molecular complexity index is 681. The maximum absolute atomic E-state index is 13.2. The fourth-order valence-electron chi connectivity index (χ4n) is 4.01. The molecule has 1 saturated carbocycles. The third-order valence-corrected chi connectivity index (χ3v) is 5.43. The van der Waals surface area contributed by atoms with Crippen molar-refractivity contribution in [2.24, 2.45) is 5.92 Å². The van der Waals surface area contributed by atoms with Gasteiger partial charge in [0.05, 0.1) is 18.7 Å². The molecule has 0 unspecified atom stereocenters. The van der Waals surface area contributed by atoms with Gasteiger partial charge < -0.3 is 24.8 Å². The van der Waals surface area contributed by atoms with Crippen LogP contribution >= 0.6 is 0 Å². The summed E-state index contributed by atoms with van der Waals surface area (Å²) in [5, 5.41) is 11.9. The molecular formula is C21H30N2O5. The molecule has 2 N–H and O–H groups in total. The summed E-state index contributed by atoms with van der Waals surface area (Å²) in [6, 6.07) is 7.54. The molecule has 1 aromatic rings. The Morgan fingerprint density at radius 2 is 2.14 bits per heavy atom. The summed E-state index contributed by atoms with van der Waals surface area (Å²) in [6.07, 6.45) is 2.75. The van der Waals surface area contributed by atoms with E-state index in [1.54, 1.807) is 0 Å². The number of para-hydroxylation sites is 1. The average molecular weight is 390 g/mol. The number of fused-ring (bicyclic) bond motifs is 1. The molecule has 3 atom stereocenters. The Hall–Kier alpha value is -2.12. The lowest BCUT2D eigenvalue weighted by Crippen LogP contribution is -2.51. The van der Waals surface area contributed by atoms with Crippen molar-refractivity contribution in [3.05, 3.63) is 29.8 Å². The van der Waals surface area contributed by atoms with Crippen LogP contribution in [0.1, 0.15) is 38.2 Å². The van der Waals surface area contributed by atoms with Crippen molar-refractivity contribution >= 4 is 11.8 Å². The highest BCUT2D eigenvalue weighted by Crippen LogP contribution is 2.30. The Balaban J connectivity index is 1.67. The number of rotatable bonds is 6. The van der Waals surface area contributed by atoms with Gasteiger partial charge in [0.1, 0.15) is 19.0 Å². The minimum absolute atomic E-state index is 0.0949. The highest BCUT2D eigenvalue weighted by atomic mass is 16.5. The van der Waals surface area contributed by atoms with E-state index < -0.39 is 12.5 Å². The quantitative estimate of drug-likeness (QED) is 0.768. The van der Waals surface area contributed by atoms with Crippen molar-refractivity contribution in [3.63, 3.8) is 0 Å². The van der Waals surface area contributed by atoms with E-state index in [4.69, 9.17) is 14.6 Å². The molecule has 0 radical (unpaired) electrons. The lowest BCUT2D eigenvalue weighted by atomic mass is 9.82. The first-order valence-electron chi connectivity index (χ1n) is 10.1. The topological polar surface area (TPSA) is 88.1 Å². The summed E-state index contributed by atoms with van der Waals surface area (Å²) >= 11 is 0. The van der Waals surface area contributed by atoms with Crippen molar-refractivity contribution in [1.29, 1.82) is 0 Å². The van der Waals surface area contributed by atoms with Crippen LogP contribution < -0.4 is 10.1 Å². The van der Waals surface area contributed by atoms with Gasteiger partial charge in [-0.15, -0.1) is 0 Å². The van der Waals surface area contributed by atoms with E-state index in [-0.39, 0.29) is 24.0 Å². The fourth-order valence-corrected chi connectivity index (χ4v) is 4.01. The van der Waals surface area contributed by atoms with E-state index in [1.165, 1.54) is 0 Å². The van der Waals surface area contributed by atoms with Crippen LogP contribution in [-0.2, 0) is 20.9 Å². The number of aliphatic hydroxyl groups excluding tert-OH is 1. The van der Waals surface area contributed by atoms with Crippen molar-refractivity contribution in [3.8, 4) is 5.75 Å². The summed E-state index contributed by atoms with van der Waals surface area (Å²) in [6.45, 7) is 3.66. The van der Waals surface area contributed by atoms with E-state index in [0.29, 0.717) is 39.1 Å². The molecule has 28 heavy (non-hydrogen) atoms. The van der Waals surface area contributed by atoms with Gasteiger partial charge in [-0.3, -0.25) is 9.59 Å². The summed E-state index contributed by atoms with van der Waals surface area (Å²) in [5.41, 5.74) is 1.01. The number of carbonyl (C=O) groups is 2. The molecular weight excluding hydrogens is 360 g/mol. The first kappa shape index (κ1) is 20.6. The summed E-state index contributed by atoms with van der Waals surface area (Å²) in [5.74, 6) is 0.330. The second kappa shape index (κ2) is 9.89. The SMILES string of the molecule is CCCO[C@@H]1CC[C@H](C(=O)N2CCOc3ccccc3C2)C[C@H]1NC(=O)CO. The molecule has 1 aliphatic heterocycles. The number of ether oxygens (including phenoxy) is 2. The molecule has 154 valence electrons. The van der Waals surface area contributed by atoms with Crippen LogP contribution in [0, 0.1) is 5.92 Å². The smallest absolute Gasteiger partial charge is 0.246 e. The van der Waals surface area contributed by atoms with Crippen LogP contribution in [-0.4, -0.2) is 60.3 Å². The van der Waals surface area contributed by atoms with Crippen LogP contribution in [0.5, 0.6) is 5.75 Å². The predicted molar refractivity (Wildman–Crippen MR) is 104 cm³/mol. The van der Waals surface area contributed by atoms with Gasteiger partial charge in [0.25, 0.3) is 0 Å². The monoisotopic (exact) mass is 390 g/mol. The number of benzene rings is 1. The third-order valence-electron chi connectivity index (χ3n) is 5.43. The van der Waals surface area contributed by atoms with Gasteiger partial charge in [-0.05, 0) is 31.7 Å². The van der Waals surface area contributed by atoms with Crippen molar-refractivity contribution in [1.82, 2.24) is 10.2 Å². The summed E-state index contributed by atoms with van der Waals surface area (Å²) in [7, 11) is 0. The van der Waals surface area contributed by atoms with Crippen LogP contribution in [0.15, 0.2) is 24.3 Å². The number of aliphatic hydroxyl groups is 1. The molecule has 7 heteroatoms. The van der Waals surface area contributed by atoms with E-state index >= 15 is 0 Å². The summed E-state index contributed by atoms with van der Waals surface area (Å²) < 4.78 is 11.7. The maximum atomic E-state index is 13.2. The molecule has 1 heterocycles. The summed E-state index contributed by atoms with van der Waals surface area (Å²) in [4.78, 5) is 26.8. The van der Waals surface area contributed by atoms with Crippen molar-refractivity contribution in [2.75, 3.05) is 26.4 Å². The molecule has 3 rings (SSSR count). The Labute approximate surface area is 166 Å². The normalized spacial score (nSPS) is 24.6. The Kier molecular flexibility index (Phi) is 7.28. The second-order valence-electron chi connectivity index (χ2n) is 7.47. The minimum Gasteiger partial charge on any atom is -0.491 e. The first-order chi connectivity index (χ1) is 13.6. The molecule has 1 aromatic carbocycles. The van der Waals surface area contributed by atoms with E-state index in [0.717, 1.165) is 24.2 Å². The average Bonchev–Trinajstić information content (AvgIpc) is 2.94. The first-order valence-corrected chi connectivity index (χ1v) is 10.1. The van der Waals surface area contributed by atoms with E-state index in [9.17, 15) is 9.59 Å². The van der Waals surface area contributed by atoms with Crippen molar-refractivity contribution < 1.29 is 24.2 Å². The van der Waals surface area contributed by atoms with Gasteiger partial charge in [-0.1, -0.05) is 25.1 Å². The molecule has 1 aliphatic carbocycles. The lowest BCUT2D eigenvalue weighted by molar-refractivity contribution is -0.140. The lowest BCUT2D eigenvalue weighted by Gasteiger charge is -2.37. The van der Waals surface area contributed by atoms with Gasteiger partial charge in [-0.25, -0.2) is 0 Å². The molecule has 0 bridgehead atoms. The molecule has 2 aliphatic rings. The minimum atomic E-state index is -0.560. The number of hydrogen-bond acceptors (Lipinski definition) is 5. The van der Waals surface area contributed by atoms with Crippen LogP contribution in [0.2, 0.25) is 0 Å². The highest BCUT2D eigenvalue weighted by molar-refractivity contribution is 5.80. The molecule has 1 fully saturated rings. The van der Waals surface area contributed by atoms with Gasteiger partial charge in [0, 0.05) is 24.6 Å². The highest BCUT2D eigenvalue weighted by Gasteiger charge is 2.37.